The van der Waals surface area contributed by atoms with Gasteiger partial charge in [-0.3, -0.25) is 0 Å². The highest BCUT2D eigenvalue weighted by atomic mass is 32.2. The van der Waals surface area contributed by atoms with Crippen molar-refractivity contribution in [2.75, 3.05) is 19.9 Å². The summed E-state index contributed by atoms with van der Waals surface area (Å²) < 4.78 is 31.3. The summed E-state index contributed by atoms with van der Waals surface area (Å²) >= 11 is 0. The van der Waals surface area contributed by atoms with Crippen LogP contribution in [-0.4, -0.2) is 51.4 Å². The molecule has 0 saturated carbocycles. The molecule has 1 fully saturated rings. The summed E-state index contributed by atoms with van der Waals surface area (Å²) in [6, 6.07) is 17.6. The number of rotatable bonds is 5. The van der Waals surface area contributed by atoms with E-state index in [0.717, 1.165) is 29.4 Å². The SMILES string of the molecule is COC(=O)N1CCC[C@@H](NS(C)(=O)=O)[C@H]1Cc1cccc(-c2ccccc2)c1. The van der Waals surface area contributed by atoms with Gasteiger partial charge in [-0.2, -0.15) is 0 Å². The van der Waals surface area contributed by atoms with Crippen LogP contribution < -0.4 is 4.72 Å². The molecule has 1 saturated heterocycles. The Kier molecular flexibility index (Phi) is 6.36. The molecule has 3 rings (SSSR count). The van der Waals surface area contributed by atoms with E-state index in [1.165, 1.54) is 7.11 Å². The lowest BCUT2D eigenvalue weighted by Gasteiger charge is -2.40. The Morgan fingerprint density at radius 1 is 1.14 bits per heavy atom. The van der Waals surface area contributed by atoms with E-state index in [0.29, 0.717) is 19.4 Å². The molecule has 6 nitrogen and oxygen atoms in total. The van der Waals surface area contributed by atoms with Gasteiger partial charge in [-0.25, -0.2) is 17.9 Å². The lowest BCUT2D eigenvalue weighted by molar-refractivity contribution is 0.0792. The van der Waals surface area contributed by atoms with Crippen molar-refractivity contribution in [2.24, 2.45) is 0 Å². The number of carbonyl (C=O) groups excluding carboxylic acids is 1. The second-order valence-corrected chi connectivity index (χ2v) is 8.92. The van der Waals surface area contributed by atoms with Crippen LogP contribution in [0.5, 0.6) is 0 Å². The second-order valence-electron chi connectivity index (χ2n) is 7.14. The van der Waals surface area contributed by atoms with Crippen molar-refractivity contribution in [1.82, 2.24) is 9.62 Å². The highest BCUT2D eigenvalue weighted by Gasteiger charge is 2.36. The Balaban J connectivity index is 1.89. The quantitative estimate of drug-likeness (QED) is 0.834. The zero-order chi connectivity index (χ0) is 20.1. The van der Waals surface area contributed by atoms with Crippen molar-refractivity contribution in [3.63, 3.8) is 0 Å². The molecular formula is C21H26N2O4S. The number of hydrogen-bond donors (Lipinski definition) is 1. The monoisotopic (exact) mass is 402 g/mol. The van der Waals surface area contributed by atoms with Crippen molar-refractivity contribution >= 4 is 16.1 Å². The summed E-state index contributed by atoms with van der Waals surface area (Å²) in [5.74, 6) is 0. The number of hydrogen-bond acceptors (Lipinski definition) is 4. The topological polar surface area (TPSA) is 75.7 Å². The molecule has 150 valence electrons. The molecule has 1 aliphatic rings. The third kappa shape index (κ3) is 5.11. The zero-order valence-electron chi connectivity index (χ0n) is 16.2. The van der Waals surface area contributed by atoms with Crippen LogP contribution in [0.4, 0.5) is 4.79 Å². The molecule has 2 aromatic carbocycles. The van der Waals surface area contributed by atoms with Gasteiger partial charge in [0.1, 0.15) is 0 Å². The fourth-order valence-electron chi connectivity index (χ4n) is 3.82. The standard InChI is InChI=1S/C21H26N2O4S/c1-27-21(24)23-13-7-12-19(22-28(2,25)26)20(23)15-16-8-6-11-18(14-16)17-9-4-3-5-10-17/h3-6,8-11,14,19-20,22H,7,12-13,15H2,1-2H3/t19-,20-/m1/s1. The Bertz CT molecular complexity index is 915. The number of amides is 1. The van der Waals surface area contributed by atoms with Crippen molar-refractivity contribution in [2.45, 2.75) is 31.3 Å². The number of likely N-dealkylation sites (tertiary alicyclic amines) is 1. The summed E-state index contributed by atoms with van der Waals surface area (Å²) in [6.07, 6.45) is 2.68. The fraction of sp³-hybridized carbons (Fsp3) is 0.381. The number of nitrogens with zero attached hydrogens (tertiary/aromatic N) is 1. The first-order valence-electron chi connectivity index (χ1n) is 9.33. The lowest BCUT2D eigenvalue weighted by atomic mass is 9.90. The predicted molar refractivity (Wildman–Crippen MR) is 109 cm³/mol. The molecule has 0 aromatic heterocycles. The highest BCUT2D eigenvalue weighted by Crippen LogP contribution is 2.25. The smallest absolute Gasteiger partial charge is 0.409 e. The highest BCUT2D eigenvalue weighted by molar-refractivity contribution is 7.88. The number of methoxy groups -OCH3 is 1. The Morgan fingerprint density at radius 2 is 1.86 bits per heavy atom. The first kappa shape index (κ1) is 20.4. The van der Waals surface area contributed by atoms with Crippen LogP contribution in [0.25, 0.3) is 11.1 Å². The number of sulfonamides is 1. The predicted octanol–water partition coefficient (Wildman–Crippen LogP) is 3.04. The molecule has 0 unspecified atom stereocenters. The third-order valence-electron chi connectivity index (χ3n) is 5.03. The minimum atomic E-state index is -3.38. The van der Waals surface area contributed by atoms with Gasteiger partial charge in [-0.15, -0.1) is 0 Å². The molecule has 1 N–H and O–H groups in total. The summed E-state index contributed by atoms with van der Waals surface area (Å²) in [6.45, 7) is 0.553. The maximum absolute atomic E-state index is 12.3. The number of nitrogens with one attached hydrogen (secondary N) is 1. The van der Waals surface area contributed by atoms with E-state index in [2.05, 4.69) is 22.9 Å². The summed E-state index contributed by atoms with van der Waals surface area (Å²) in [4.78, 5) is 13.9. The van der Waals surface area contributed by atoms with Crippen LogP contribution in [0.2, 0.25) is 0 Å². The van der Waals surface area contributed by atoms with Crippen LogP contribution in [0.1, 0.15) is 18.4 Å². The van der Waals surface area contributed by atoms with Gasteiger partial charge in [-0.05, 0) is 36.0 Å². The number of ether oxygens (including phenoxy) is 1. The second kappa shape index (κ2) is 8.75. The molecule has 0 aliphatic carbocycles. The average molecular weight is 403 g/mol. The molecule has 28 heavy (non-hydrogen) atoms. The van der Waals surface area contributed by atoms with E-state index in [1.807, 2.05) is 36.4 Å². The first-order chi connectivity index (χ1) is 13.4. The molecule has 1 aliphatic heterocycles. The molecule has 0 radical (unpaired) electrons. The minimum Gasteiger partial charge on any atom is -0.453 e. The molecule has 0 spiro atoms. The molecule has 1 heterocycles. The normalized spacial score (nSPS) is 20.0. The maximum Gasteiger partial charge on any atom is 0.409 e. The molecule has 0 bridgehead atoms. The van der Waals surface area contributed by atoms with Crippen LogP contribution in [0.3, 0.4) is 0 Å². The largest absolute Gasteiger partial charge is 0.453 e. The molecular weight excluding hydrogens is 376 g/mol. The number of piperidine rings is 1. The van der Waals surface area contributed by atoms with Crippen LogP contribution in [0, 0.1) is 0 Å². The summed E-state index contributed by atoms with van der Waals surface area (Å²) in [5.41, 5.74) is 3.25. The Labute approximate surface area is 166 Å². The third-order valence-corrected chi connectivity index (χ3v) is 5.76. The number of benzene rings is 2. The van der Waals surface area contributed by atoms with Gasteiger partial charge in [0.05, 0.1) is 19.4 Å². The Morgan fingerprint density at radius 3 is 2.54 bits per heavy atom. The van der Waals surface area contributed by atoms with Crippen molar-refractivity contribution in [1.29, 1.82) is 0 Å². The van der Waals surface area contributed by atoms with Gasteiger partial charge in [0.15, 0.2) is 0 Å². The molecule has 7 heteroatoms. The summed E-state index contributed by atoms with van der Waals surface area (Å²) in [7, 11) is -2.03. The zero-order valence-corrected chi connectivity index (χ0v) is 17.0. The van der Waals surface area contributed by atoms with Crippen LogP contribution in [0.15, 0.2) is 54.6 Å². The van der Waals surface area contributed by atoms with Crippen molar-refractivity contribution < 1.29 is 17.9 Å². The van der Waals surface area contributed by atoms with Gasteiger partial charge < -0.3 is 9.64 Å². The molecule has 2 aromatic rings. The van der Waals surface area contributed by atoms with Gasteiger partial charge in [0, 0.05) is 12.6 Å². The minimum absolute atomic E-state index is 0.304. The lowest BCUT2D eigenvalue weighted by Crippen LogP contribution is -2.57. The number of carbonyl (C=O) groups is 1. The van der Waals surface area contributed by atoms with E-state index >= 15 is 0 Å². The van der Waals surface area contributed by atoms with Crippen LogP contribution in [-0.2, 0) is 21.2 Å². The van der Waals surface area contributed by atoms with E-state index in [4.69, 9.17) is 4.74 Å². The van der Waals surface area contributed by atoms with Gasteiger partial charge in [-0.1, -0.05) is 54.6 Å². The van der Waals surface area contributed by atoms with Gasteiger partial charge >= 0.3 is 6.09 Å². The van der Waals surface area contributed by atoms with E-state index in [1.54, 1.807) is 4.90 Å². The van der Waals surface area contributed by atoms with Gasteiger partial charge in [0.2, 0.25) is 10.0 Å². The van der Waals surface area contributed by atoms with E-state index < -0.39 is 16.1 Å². The van der Waals surface area contributed by atoms with Crippen molar-refractivity contribution in [3.05, 3.63) is 60.2 Å². The molecule has 2 atom stereocenters. The van der Waals surface area contributed by atoms with Crippen molar-refractivity contribution in [3.8, 4) is 11.1 Å². The maximum atomic E-state index is 12.3. The Hall–Kier alpha value is -2.38. The summed E-state index contributed by atoms with van der Waals surface area (Å²) in [5, 5.41) is 0. The molecule has 1 amide bonds. The van der Waals surface area contributed by atoms with E-state index in [-0.39, 0.29) is 12.1 Å². The first-order valence-corrected chi connectivity index (χ1v) is 11.2. The van der Waals surface area contributed by atoms with E-state index in [9.17, 15) is 13.2 Å². The van der Waals surface area contributed by atoms with Crippen LogP contribution >= 0.6 is 0 Å². The fourth-order valence-corrected chi connectivity index (χ4v) is 4.64. The average Bonchev–Trinajstić information content (AvgIpc) is 2.68. The van der Waals surface area contributed by atoms with Gasteiger partial charge in [0.25, 0.3) is 0 Å².